The number of ether oxygens (including phenoxy) is 1. The number of nitrogens with one attached hydrogen (secondary N) is 1. The summed E-state index contributed by atoms with van der Waals surface area (Å²) >= 11 is 0. The number of carbonyl (C=O) groups excluding carboxylic acids is 2. The van der Waals surface area contributed by atoms with E-state index < -0.39 is 0 Å². The second-order valence-electron chi connectivity index (χ2n) is 8.79. The zero-order chi connectivity index (χ0) is 27.5. The van der Waals surface area contributed by atoms with Gasteiger partial charge < -0.3 is 25.6 Å². The molecule has 7 heteroatoms. The van der Waals surface area contributed by atoms with Gasteiger partial charge in [-0.25, -0.2) is 0 Å². The molecule has 1 atom stereocenters. The highest BCUT2D eigenvalue weighted by Crippen LogP contribution is 2.29. The van der Waals surface area contributed by atoms with Crippen molar-refractivity contribution < 1.29 is 15.8 Å². The highest BCUT2D eigenvalue weighted by Gasteiger charge is 2.26. The molecule has 1 saturated heterocycles. The number of hydrogen-bond donors (Lipinski definition) is 2. The molecule has 3 aromatic rings. The van der Waals surface area contributed by atoms with Crippen molar-refractivity contribution in [3.8, 4) is 0 Å². The van der Waals surface area contributed by atoms with Crippen molar-refractivity contribution >= 4 is 28.9 Å². The Morgan fingerprint density at radius 1 is 0.868 bits per heavy atom. The fourth-order valence-electron chi connectivity index (χ4n) is 4.24. The Morgan fingerprint density at radius 2 is 1.42 bits per heavy atom. The summed E-state index contributed by atoms with van der Waals surface area (Å²) in [5.74, 6) is -0.0723. The van der Waals surface area contributed by atoms with Crippen molar-refractivity contribution in [2.24, 2.45) is 5.73 Å². The van der Waals surface area contributed by atoms with Crippen LogP contribution in [0.1, 0.15) is 46.4 Å². The summed E-state index contributed by atoms with van der Waals surface area (Å²) in [5, 5.41) is 2.75. The molecule has 0 bridgehead atoms. The van der Waals surface area contributed by atoms with E-state index in [9.17, 15) is 9.59 Å². The number of hydrogen-bond acceptors (Lipinski definition) is 5. The van der Waals surface area contributed by atoms with Crippen molar-refractivity contribution in [2.75, 3.05) is 36.4 Å². The number of carbonyl (C=O) groups is 2. The van der Waals surface area contributed by atoms with Crippen molar-refractivity contribution in [3.63, 3.8) is 0 Å². The summed E-state index contributed by atoms with van der Waals surface area (Å²) in [6, 6.07) is 27.1. The lowest BCUT2D eigenvalue weighted by Gasteiger charge is -2.36. The molecule has 1 aliphatic heterocycles. The fraction of sp³-hybridized carbons (Fsp3) is 0.290. The van der Waals surface area contributed by atoms with Crippen molar-refractivity contribution in [1.82, 2.24) is 4.90 Å². The average molecular weight is 517 g/mol. The number of para-hydroxylation sites is 1. The van der Waals surface area contributed by atoms with Gasteiger partial charge in [0.1, 0.15) is 11.8 Å². The number of piperazine rings is 1. The van der Waals surface area contributed by atoms with Gasteiger partial charge in [-0.15, -0.1) is 0 Å². The summed E-state index contributed by atoms with van der Waals surface area (Å²) < 4.78 is 6.32. The highest BCUT2D eigenvalue weighted by atomic mass is 16.5. The van der Waals surface area contributed by atoms with E-state index in [2.05, 4.69) is 22.3 Å². The van der Waals surface area contributed by atoms with Crippen molar-refractivity contribution in [1.29, 1.82) is 0 Å². The van der Waals surface area contributed by atoms with E-state index in [1.54, 1.807) is 29.2 Å². The number of anilines is 2. The normalized spacial score (nSPS) is 14.4. The van der Waals surface area contributed by atoms with Gasteiger partial charge in [0.15, 0.2) is 5.76 Å². The van der Waals surface area contributed by atoms with E-state index in [-0.39, 0.29) is 25.0 Å². The van der Waals surface area contributed by atoms with E-state index in [0.717, 1.165) is 24.3 Å². The minimum atomic E-state index is -0.322. The Morgan fingerprint density at radius 3 is 1.97 bits per heavy atom. The van der Waals surface area contributed by atoms with Crippen LogP contribution in [0.2, 0.25) is 0 Å². The maximum Gasteiger partial charge on any atom is 0.273 e. The Labute approximate surface area is 227 Å². The first-order chi connectivity index (χ1) is 18.4. The van der Waals surface area contributed by atoms with E-state index in [0.29, 0.717) is 30.1 Å². The van der Waals surface area contributed by atoms with Crippen LogP contribution < -0.4 is 16.0 Å². The van der Waals surface area contributed by atoms with Crippen LogP contribution in [0.5, 0.6) is 0 Å². The van der Waals surface area contributed by atoms with E-state index >= 15 is 0 Å². The molecular weight excluding hydrogens is 476 g/mol. The smallest absolute Gasteiger partial charge is 0.273 e. The monoisotopic (exact) mass is 516 g/mol. The van der Waals surface area contributed by atoms with Gasteiger partial charge in [-0.2, -0.15) is 0 Å². The lowest BCUT2D eigenvalue weighted by atomic mass is 10.1. The third-order valence-corrected chi connectivity index (χ3v) is 6.19. The Balaban J connectivity index is 0.00000174. The summed E-state index contributed by atoms with van der Waals surface area (Å²) in [6.45, 7) is 9.97. The lowest BCUT2D eigenvalue weighted by molar-refractivity contribution is -0.127. The van der Waals surface area contributed by atoms with Gasteiger partial charge in [-0.3, -0.25) is 9.59 Å². The summed E-state index contributed by atoms with van der Waals surface area (Å²) in [4.78, 5) is 28.9. The maximum atomic E-state index is 13.5. The molecule has 0 spiro atoms. The van der Waals surface area contributed by atoms with Crippen molar-refractivity contribution in [3.05, 3.63) is 102 Å². The molecule has 38 heavy (non-hydrogen) atoms. The van der Waals surface area contributed by atoms with Gasteiger partial charge in [0, 0.05) is 51.5 Å². The summed E-state index contributed by atoms with van der Waals surface area (Å²) in [6.07, 6.45) is -0.322. The first-order valence-corrected chi connectivity index (χ1v) is 13.1. The van der Waals surface area contributed by atoms with Crippen LogP contribution in [0.3, 0.4) is 0 Å². The molecule has 0 aromatic heterocycles. The van der Waals surface area contributed by atoms with Crippen LogP contribution in [-0.2, 0) is 14.3 Å². The van der Waals surface area contributed by atoms with Crippen LogP contribution in [0, 0.1) is 0 Å². The van der Waals surface area contributed by atoms with Crippen LogP contribution in [0.25, 0.3) is 5.76 Å². The third-order valence-electron chi connectivity index (χ3n) is 6.19. The van der Waals surface area contributed by atoms with Gasteiger partial charge in [0.25, 0.3) is 5.91 Å². The topological polar surface area (TPSA) is 87.9 Å². The van der Waals surface area contributed by atoms with Gasteiger partial charge >= 0.3 is 0 Å². The molecule has 0 aliphatic carbocycles. The molecule has 202 valence electrons. The van der Waals surface area contributed by atoms with Gasteiger partial charge in [0.2, 0.25) is 5.91 Å². The molecule has 4 rings (SSSR count). The SMILES string of the molecule is CC.CC(=O)Nc1ccc(/C(OC(C)c2ccccc2)=C(/N)C(=O)N2CCN(c3ccccc3)CC2)cc1.[HH]. The van der Waals surface area contributed by atoms with E-state index in [1.165, 1.54) is 6.92 Å². The predicted octanol–water partition coefficient (Wildman–Crippen LogP) is 5.67. The Bertz CT molecular complexity index is 1210. The second kappa shape index (κ2) is 13.9. The largest absolute Gasteiger partial charge is 0.483 e. The molecule has 1 aliphatic rings. The van der Waals surface area contributed by atoms with Crippen molar-refractivity contribution in [2.45, 2.75) is 33.8 Å². The van der Waals surface area contributed by atoms with Crippen LogP contribution in [0.4, 0.5) is 11.4 Å². The summed E-state index contributed by atoms with van der Waals surface area (Å²) in [7, 11) is 0. The summed E-state index contributed by atoms with van der Waals surface area (Å²) in [5.41, 5.74) is 10.0. The van der Waals surface area contributed by atoms with Gasteiger partial charge in [-0.1, -0.05) is 62.4 Å². The fourth-order valence-corrected chi connectivity index (χ4v) is 4.24. The molecule has 1 fully saturated rings. The molecule has 3 aromatic carbocycles. The Hall–Kier alpha value is -4.26. The minimum Gasteiger partial charge on any atom is -0.483 e. The second-order valence-corrected chi connectivity index (χ2v) is 8.79. The Kier molecular flexibility index (Phi) is 10.3. The van der Waals surface area contributed by atoms with Gasteiger partial charge in [-0.05, 0) is 48.9 Å². The lowest BCUT2D eigenvalue weighted by Crippen LogP contribution is -2.50. The quantitative estimate of drug-likeness (QED) is 0.312. The standard InChI is InChI=1S/C29H32N4O3.C2H6.H2/c1-21(23-9-5-3-6-10-23)36-28(24-13-15-25(16-14-24)31-22(2)34)27(30)29(35)33-19-17-32(18-20-33)26-11-7-4-8-12-26;1-2;/h3-16,21H,17-20,30H2,1-2H3,(H,31,34);1-2H3;1H/b28-27-;;. The zero-order valence-corrected chi connectivity index (χ0v) is 22.7. The highest BCUT2D eigenvalue weighted by molar-refractivity contribution is 5.99. The molecule has 2 amide bonds. The molecule has 0 saturated carbocycles. The van der Waals surface area contributed by atoms with Crippen LogP contribution in [0.15, 0.2) is 90.6 Å². The first-order valence-electron chi connectivity index (χ1n) is 13.1. The number of amides is 2. The molecule has 7 nitrogen and oxygen atoms in total. The molecule has 1 heterocycles. The predicted molar refractivity (Wildman–Crippen MR) is 156 cm³/mol. The van der Waals surface area contributed by atoms with Gasteiger partial charge in [0.05, 0.1) is 0 Å². The number of nitrogens with two attached hydrogens (primary N) is 1. The molecule has 1 unspecified atom stereocenters. The average Bonchev–Trinajstić information content (AvgIpc) is 2.97. The molecule has 0 radical (unpaired) electrons. The molecule has 3 N–H and O–H groups in total. The molecular formula is C31H40N4O3. The third kappa shape index (κ3) is 7.38. The minimum absolute atomic E-state index is 0. The van der Waals surface area contributed by atoms with E-state index in [1.807, 2.05) is 69.3 Å². The number of nitrogens with zero attached hydrogens (tertiary/aromatic N) is 2. The van der Waals surface area contributed by atoms with E-state index in [4.69, 9.17) is 10.5 Å². The van der Waals surface area contributed by atoms with Crippen LogP contribution >= 0.6 is 0 Å². The maximum absolute atomic E-state index is 13.5. The van der Waals surface area contributed by atoms with Crippen LogP contribution in [-0.4, -0.2) is 42.9 Å². The number of rotatable bonds is 7. The number of benzene rings is 3. The zero-order valence-electron chi connectivity index (χ0n) is 22.7. The first kappa shape index (κ1) is 28.3.